The van der Waals surface area contributed by atoms with Crippen LogP contribution >= 0.6 is 34.5 Å². The zero-order valence-electron chi connectivity index (χ0n) is 18.7. The van der Waals surface area contributed by atoms with Gasteiger partial charge in [-0.1, -0.05) is 23.2 Å². The van der Waals surface area contributed by atoms with Crippen molar-refractivity contribution in [1.82, 2.24) is 10.3 Å². The molecule has 1 unspecified atom stereocenters. The molecule has 1 aliphatic carbocycles. The van der Waals surface area contributed by atoms with Crippen LogP contribution in [-0.2, 0) is 21.2 Å². The van der Waals surface area contributed by atoms with Crippen molar-refractivity contribution in [2.75, 3.05) is 11.3 Å². The number of aryl methyl sites for hydroxylation is 1. The van der Waals surface area contributed by atoms with Crippen LogP contribution in [0.5, 0.6) is 11.5 Å². The van der Waals surface area contributed by atoms with Crippen LogP contribution < -0.4 is 14.8 Å². The van der Waals surface area contributed by atoms with Gasteiger partial charge in [-0.3, -0.25) is 9.52 Å². The van der Waals surface area contributed by atoms with Gasteiger partial charge in [-0.2, -0.15) is 0 Å². The molecule has 8 nitrogen and oxygen atoms in total. The van der Waals surface area contributed by atoms with E-state index in [4.69, 9.17) is 27.9 Å². The van der Waals surface area contributed by atoms with Gasteiger partial charge in [-0.25, -0.2) is 17.8 Å². The number of rotatable bonds is 12. The first-order chi connectivity index (χ1) is 17.1. The van der Waals surface area contributed by atoms with Gasteiger partial charge in [0.15, 0.2) is 5.82 Å². The van der Waals surface area contributed by atoms with Crippen molar-refractivity contribution in [2.45, 2.75) is 36.6 Å². The van der Waals surface area contributed by atoms with E-state index in [1.807, 2.05) is 0 Å². The molecular weight excluding hydrogens is 552 g/mol. The molecule has 0 aliphatic heterocycles. The minimum absolute atomic E-state index is 0.0665. The highest BCUT2D eigenvalue weighted by atomic mass is 35.5. The summed E-state index contributed by atoms with van der Waals surface area (Å²) in [4.78, 5) is 14.6. The van der Waals surface area contributed by atoms with E-state index in [2.05, 4.69) is 15.0 Å². The Kier molecular flexibility index (Phi) is 8.36. The van der Waals surface area contributed by atoms with E-state index in [1.165, 1.54) is 22.2 Å². The van der Waals surface area contributed by atoms with Crippen LogP contribution in [0.3, 0.4) is 0 Å². The van der Waals surface area contributed by atoms with E-state index >= 15 is 0 Å². The van der Waals surface area contributed by atoms with Crippen molar-refractivity contribution in [3.8, 4) is 11.5 Å². The van der Waals surface area contributed by atoms with Crippen molar-refractivity contribution >= 4 is 56.3 Å². The second-order valence-electron chi connectivity index (χ2n) is 8.26. The fourth-order valence-electron chi connectivity index (χ4n) is 3.63. The summed E-state index contributed by atoms with van der Waals surface area (Å²) in [6, 6.07) is 6.25. The van der Waals surface area contributed by atoms with Crippen LogP contribution in [0.2, 0.25) is 10.0 Å². The summed E-state index contributed by atoms with van der Waals surface area (Å²) in [6.07, 6.45) is 2.93. The number of aliphatic carboxylic acids is 1. The Balaban J connectivity index is 1.47. The molecule has 1 heterocycles. The highest BCUT2D eigenvalue weighted by Crippen LogP contribution is 2.36. The Morgan fingerprint density at radius 1 is 1.25 bits per heavy atom. The van der Waals surface area contributed by atoms with E-state index in [-0.39, 0.29) is 22.5 Å². The summed E-state index contributed by atoms with van der Waals surface area (Å²) in [5.74, 6) is -1.35. The summed E-state index contributed by atoms with van der Waals surface area (Å²) in [6.45, 7) is 0.480. The third-order valence-electron chi connectivity index (χ3n) is 5.54. The quantitative estimate of drug-likeness (QED) is 0.242. The molecule has 1 fully saturated rings. The Morgan fingerprint density at radius 2 is 2.03 bits per heavy atom. The third kappa shape index (κ3) is 6.65. The van der Waals surface area contributed by atoms with Crippen molar-refractivity contribution < 1.29 is 27.4 Å². The molecule has 3 N–H and O–H groups in total. The first kappa shape index (κ1) is 26.6. The topological polar surface area (TPSA) is 118 Å². The average molecular weight is 574 g/mol. The van der Waals surface area contributed by atoms with Crippen LogP contribution in [0.4, 0.5) is 10.2 Å². The number of hydrogen-bond donors (Lipinski definition) is 3. The van der Waals surface area contributed by atoms with Crippen molar-refractivity contribution in [3.63, 3.8) is 0 Å². The number of carboxylic acids is 1. The molecule has 192 valence electrons. The first-order valence-corrected chi connectivity index (χ1v) is 14.1. The SMILES string of the molecule is O=C(O)C(NCCCc1cc(Cl)ccc1Oc1cc(F)c(S(=O)(=O)Nc2cscn2)cc1Cl)C1CC1. The fraction of sp³-hybridized carbons (Fsp3) is 0.304. The van der Waals surface area contributed by atoms with Gasteiger partial charge in [0.1, 0.15) is 28.3 Å². The predicted octanol–water partition coefficient (Wildman–Crippen LogP) is 5.57. The number of anilines is 1. The van der Waals surface area contributed by atoms with Gasteiger partial charge in [-0.15, -0.1) is 11.3 Å². The molecule has 1 aromatic heterocycles. The molecule has 2 aromatic carbocycles. The number of nitrogens with zero attached hydrogens (tertiary/aromatic N) is 1. The molecule has 1 atom stereocenters. The van der Waals surface area contributed by atoms with E-state index in [1.54, 1.807) is 18.2 Å². The summed E-state index contributed by atoms with van der Waals surface area (Å²) >= 11 is 13.6. The molecule has 13 heteroatoms. The fourth-order valence-corrected chi connectivity index (χ4v) is 5.74. The number of sulfonamides is 1. The standard InChI is InChI=1S/C23H22Cl2FN3O5S2/c24-15-5-6-18(14(8-15)2-1-7-27-22(23(30)31)13-3-4-13)34-19-10-17(26)20(9-16(19)25)36(32,33)29-21-11-35-12-28-21/h5-6,8-13,22,27,29H,1-4,7H2,(H,30,31). The number of ether oxygens (including phenoxy) is 1. The number of carbonyl (C=O) groups is 1. The van der Waals surface area contributed by atoms with Crippen molar-refractivity contribution in [1.29, 1.82) is 0 Å². The van der Waals surface area contributed by atoms with E-state index in [9.17, 15) is 22.7 Å². The zero-order valence-corrected chi connectivity index (χ0v) is 21.9. The summed E-state index contributed by atoms with van der Waals surface area (Å²) in [7, 11) is -4.26. The van der Waals surface area contributed by atoms with Crippen LogP contribution in [-0.4, -0.2) is 37.1 Å². The van der Waals surface area contributed by atoms with Gasteiger partial charge < -0.3 is 15.2 Å². The normalized spacial score (nSPS) is 14.4. The molecule has 0 amide bonds. The highest BCUT2D eigenvalue weighted by molar-refractivity contribution is 7.92. The summed E-state index contributed by atoms with van der Waals surface area (Å²) in [5, 5.41) is 14.3. The molecule has 0 bridgehead atoms. The number of hydrogen-bond acceptors (Lipinski definition) is 7. The largest absolute Gasteiger partial charge is 0.480 e. The lowest BCUT2D eigenvalue weighted by Gasteiger charge is -2.16. The van der Waals surface area contributed by atoms with Crippen LogP contribution in [0.25, 0.3) is 0 Å². The smallest absolute Gasteiger partial charge is 0.320 e. The molecule has 3 aromatic rings. The Hall–Kier alpha value is -2.44. The van der Waals surface area contributed by atoms with Gasteiger partial charge in [0.25, 0.3) is 10.0 Å². The number of halogens is 3. The average Bonchev–Trinajstić information content (AvgIpc) is 3.52. The van der Waals surface area contributed by atoms with Crippen LogP contribution in [0.15, 0.2) is 46.1 Å². The van der Waals surface area contributed by atoms with Gasteiger partial charge in [-0.05, 0) is 68.0 Å². The zero-order chi connectivity index (χ0) is 25.9. The monoisotopic (exact) mass is 573 g/mol. The maximum atomic E-state index is 14.8. The predicted molar refractivity (Wildman–Crippen MR) is 136 cm³/mol. The summed E-state index contributed by atoms with van der Waals surface area (Å²) in [5.41, 5.74) is 2.15. The molecule has 0 radical (unpaired) electrons. The lowest BCUT2D eigenvalue weighted by Crippen LogP contribution is -2.39. The maximum Gasteiger partial charge on any atom is 0.320 e. The second-order valence-corrected chi connectivity index (χ2v) is 11.5. The summed E-state index contributed by atoms with van der Waals surface area (Å²) < 4.78 is 48.0. The molecule has 4 rings (SSSR count). The molecule has 1 saturated carbocycles. The van der Waals surface area contributed by atoms with Gasteiger partial charge in [0.2, 0.25) is 0 Å². The molecular formula is C23H22Cl2FN3O5S2. The Labute approximate surface area is 221 Å². The number of aromatic nitrogens is 1. The van der Waals surface area contributed by atoms with E-state index < -0.39 is 32.7 Å². The van der Waals surface area contributed by atoms with Crippen molar-refractivity contribution in [2.24, 2.45) is 5.92 Å². The lowest BCUT2D eigenvalue weighted by atomic mass is 10.1. The minimum Gasteiger partial charge on any atom is -0.480 e. The molecule has 0 saturated heterocycles. The van der Waals surface area contributed by atoms with Gasteiger partial charge in [0.05, 0.1) is 10.5 Å². The maximum absolute atomic E-state index is 14.8. The van der Waals surface area contributed by atoms with E-state index in [0.717, 1.165) is 25.0 Å². The van der Waals surface area contributed by atoms with Crippen LogP contribution in [0.1, 0.15) is 24.8 Å². The highest BCUT2D eigenvalue weighted by Gasteiger charge is 2.35. The molecule has 0 spiro atoms. The number of carboxylic acid groups (broad SMARTS) is 1. The number of nitrogens with one attached hydrogen (secondary N) is 2. The Morgan fingerprint density at radius 3 is 2.69 bits per heavy atom. The molecule has 1 aliphatic rings. The van der Waals surface area contributed by atoms with Crippen molar-refractivity contribution in [3.05, 3.63) is 62.6 Å². The van der Waals surface area contributed by atoms with E-state index in [0.29, 0.717) is 35.7 Å². The Bertz CT molecular complexity index is 1350. The number of benzene rings is 2. The lowest BCUT2D eigenvalue weighted by molar-refractivity contribution is -0.140. The minimum atomic E-state index is -4.26. The third-order valence-corrected chi connectivity index (χ3v) is 8.02. The second kappa shape index (κ2) is 11.3. The molecule has 36 heavy (non-hydrogen) atoms. The number of thiazole rings is 1. The first-order valence-electron chi connectivity index (χ1n) is 11.0. The van der Waals surface area contributed by atoms with Gasteiger partial charge in [0, 0.05) is 16.5 Å². The van der Waals surface area contributed by atoms with Gasteiger partial charge >= 0.3 is 5.97 Å². The van der Waals surface area contributed by atoms with Crippen LogP contribution in [0, 0.1) is 11.7 Å².